The summed E-state index contributed by atoms with van der Waals surface area (Å²) < 4.78 is 28.5. The Hall–Kier alpha value is -0.500. The number of aliphatic hydroxyl groups is 1. The summed E-state index contributed by atoms with van der Waals surface area (Å²) >= 11 is 1.80. The van der Waals surface area contributed by atoms with Gasteiger partial charge < -0.3 is 9.67 Å². The number of aliphatic hydroxyl groups excluding tert-OH is 1. The van der Waals surface area contributed by atoms with E-state index in [0.717, 1.165) is 5.75 Å². The van der Waals surface area contributed by atoms with Crippen molar-refractivity contribution in [2.45, 2.75) is 36.6 Å². The van der Waals surface area contributed by atoms with Gasteiger partial charge in [0, 0.05) is 42.5 Å². The monoisotopic (exact) mass is 304 g/mol. The summed E-state index contributed by atoms with van der Waals surface area (Å²) in [5.74, 6) is 0.824. The van der Waals surface area contributed by atoms with Gasteiger partial charge in [-0.15, -0.1) is 0 Å². The number of thioether (sulfide) groups is 1. The van der Waals surface area contributed by atoms with E-state index in [0.29, 0.717) is 17.5 Å². The second kappa shape index (κ2) is 5.47. The van der Waals surface area contributed by atoms with Crippen LogP contribution in [0.4, 0.5) is 0 Å². The molecule has 1 aromatic heterocycles. The summed E-state index contributed by atoms with van der Waals surface area (Å²) in [6.07, 6.45) is 1.57. The van der Waals surface area contributed by atoms with Gasteiger partial charge in [-0.1, -0.05) is 6.92 Å². The lowest BCUT2D eigenvalue weighted by atomic mass is 10.2. The van der Waals surface area contributed by atoms with Crippen LogP contribution in [0.25, 0.3) is 0 Å². The Bertz CT molecular complexity index is 553. The fraction of sp³-hybridized carbons (Fsp3) is 0.667. The van der Waals surface area contributed by atoms with Crippen LogP contribution in [0.15, 0.2) is 17.2 Å². The summed E-state index contributed by atoms with van der Waals surface area (Å²) in [4.78, 5) is 0.269. The van der Waals surface area contributed by atoms with Crippen molar-refractivity contribution in [1.29, 1.82) is 0 Å². The predicted octanol–water partition coefficient (Wildman–Crippen LogP) is 1.03. The molecule has 0 saturated carbocycles. The number of aryl methyl sites for hydroxylation is 1. The van der Waals surface area contributed by atoms with Crippen LogP contribution in [0.2, 0.25) is 0 Å². The van der Waals surface area contributed by atoms with E-state index in [1.54, 1.807) is 39.9 Å². The number of nitrogens with zero attached hydrogens (tertiary/aromatic N) is 2. The Labute approximate surface area is 118 Å². The van der Waals surface area contributed by atoms with Crippen LogP contribution >= 0.6 is 11.8 Å². The van der Waals surface area contributed by atoms with Crippen LogP contribution in [0.1, 0.15) is 19.5 Å². The first-order chi connectivity index (χ1) is 8.87. The standard InChI is InChI=1S/C12H20N2O3S2/c1-9-10(2)18-5-4-14(9)19(16,17)12-6-11(8-15)13(3)7-12/h6-7,9-10,15H,4-5,8H2,1-3H3. The van der Waals surface area contributed by atoms with Crippen LogP contribution < -0.4 is 0 Å². The highest BCUT2D eigenvalue weighted by Crippen LogP contribution is 2.29. The molecule has 2 atom stereocenters. The van der Waals surface area contributed by atoms with E-state index in [9.17, 15) is 8.42 Å². The van der Waals surface area contributed by atoms with E-state index in [1.165, 1.54) is 0 Å². The first kappa shape index (κ1) is 14.9. The van der Waals surface area contributed by atoms with Crippen molar-refractivity contribution in [3.8, 4) is 0 Å². The second-order valence-corrected chi connectivity index (χ2v) is 8.24. The molecular weight excluding hydrogens is 284 g/mol. The molecule has 2 rings (SSSR count). The largest absolute Gasteiger partial charge is 0.390 e. The molecule has 0 amide bonds. The molecule has 0 aromatic carbocycles. The van der Waals surface area contributed by atoms with Crippen LogP contribution in [0, 0.1) is 0 Å². The molecule has 0 aliphatic carbocycles. The minimum absolute atomic E-state index is 0.0125. The number of sulfonamides is 1. The molecule has 1 aromatic rings. The normalized spacial score (nSPS) is 25.7. The van der Waals surface area contributed by atoms with Gasteiger partial charge in [0.25, 0.3) is 0 Å². The number of rotatable bonds is 3. The van der Waals surface area contributed by atoms with Gasteiger partial charge in [-0.05, 0) is 13.0 Å². The molecule has 7 heteroatoms. The molecule has 19 heavy (non-hydrogen) atoms. The molecule has 1 aliphatic rings. The summed E-state index contributed by atoms with van der Waals surface area (Å²) in [6, 6.07) is 1.54. The fourth-order valence-corrected chi connectivity index (χ4v) is 5.35. The van der Waals surface area contributed by atoms with Crippen molar-refractivity contribution in [2.75, 3.05) is 12.3 Å². The lowest BCUT2D eigenvalue weighted by Gasteiger charge is -2.36. The Morgan fingerprint density at radius 1 is 1.47 bits per heavy atom. The van der Waals surface area contributed by atoms with E-state index < -0.39 is 10.0 Å². The van der Waals surface area contributed by atoms with Crippen molar-refractivity contribution in [2.24, 2.45) is 7.05 Å². The quantitative estimate of drug-likeness (QED) is 0.906. The Balaban J connectivity index is 2.35. The number of hydrogen-bond donors (Lipinski definition) is 1. The highest BCUT2D eigenvalue weighted by atomic mass is 32.2. The molecule has 0 radical (unpaired) electrons. The molecule has 0 bridgehead atoms. The molecule has 108 valence electrons. The van der Waals surface area contributed by atoms with Gasteiger partial charge in [-0.2, -0.15) is 16.1 Å². The molecule has 1 N–H and O–H groups in total. The maximum Gasteiger partial charge on any atom is 0.244 e. The molecule has 1 saturated heterocycles. The second-order valence-electron chi connectivity index (χ2n) is 4.87. The van der Waals surface area contributed by atoms with Crippen molar-refractivity contribution in [3.63, 3.8) is 0 Å². The van der Waals surface area contributed by atoms with E-state index in [4.69, 9.17) is 5.11 Å². The van der Waals surface area contributed by atoms with Gasteiger partial charge in [0.05, 0.1) is 6.61 Å². The molecular formula is C12H20N2O3S2. The number of hydrogen-bond acceptors (Lipinski definition) is 4. The minimum Gasteiger partial charge on any atom is -0.390 e. The van der Waals surface area contributed by atoms with Gasteiger partial charge in [0.2, 0.25) is 10.0 Å². The lowest BCUT2D eigenvalue weighted by Crippen LogP contribution is -2.47. The highest BCUT2D eigenvalue weighted by Gasteiger charge is 2.35. The topological polar surface area (TPSA) is 62.5 Å². The van der Waals surface area contributed by atoms with E-state index in [2.05, 4.69) is 6.92 Å². The van der Waals surface area contributed by atoms with E-state index in [-0.39, 0.29) is 17.5 Å². The first-order valence-corrected chi connectivity index (χ1v) is 8.76. The van der Waals surface area contributed by atoms with E-state index >= 15 is 0 Å². The van der Waals surface area contributed by atoms with Crippen LogP contribution in [0.5, 0.6) is 0 Å². The zero-order chi connectivity index (χ0) is 14.2. The summed E-state index contributed by atoms with van der Waals surface area (Å²) in [5.41, 5.74) is 0.602. The molecule has 1 aliphatic heterocycles. The summed E-state index contributed by atoms with van der Waals surface area (Å²) in [5, 5.41) is 9.47. The molecule has 1 fully saturated rings. The van der Waals surface area contributed by atoms with Gasteiger partial charge in [0.15, 0.2) is 0 Å². The maximum atomic E-state index is 12.6. The Kier molecular flexibility index (Phi) is 4.29. The molecule has 2 unspecified atom stereocenters. The van der Waals surface area contributed by atoms with Gasteiger partial charge in [0.1, 0.15) is 4.90 Å². The van der Waals surface area contributed by atoms with Crippen molar-refractivity contribution in [3.05, 3.63) is 18.0 Å². The third kappa shape index (κ3) is 2.69. The fourth-order valence-electron chi connectivity index (χ4n) is 2.26. The zero-order valence-corrected chi connectivity index (χ0v) is 13.0. The van der Waals surface area contributed by atoms with Gasteiger partial charge >= 0.3 is 0 Å². The maximum absolute atomic E-state index is 12.6. The highest BCUT2D eigenvalue weighted by molar-refractivity contribution is 8.00. The molecule has 2 heterocycles. The Morgan fingerprint density at radius 2 is 2.16 bits per heavy atom. The average Bonchev–Trinajstić information content (AvgIpc) is 2.74. The van der Waals surface area contributed by atoms with Crippen molar-refractivity contribution in [1.82, 2.24) is 8.87 Å². The van der Waals surface area contributed by atoms with E-state index in [1.807, 2.05) is 6.92 Å². The molecule has 0 spiro atoms. The lowest BCUT2D eigenvalue weighted by molar-refractivity contribution is 0.272. The van der Waals surface area contributed by atoms with Crippen LogP contribution in [0.3, 0.4) is 0 Å². The smallest absolute Gasteiger partial charge is 0.244 e. The zero-order valence-electron chi connectivity index (χ0n) is 11.4. The third-order valence-electron chi connectivity index (χ3n) is 3.68. The average molecular weight is 304 g/mol. The predicted molar refractivity (Wildman–Crippen MR) is 76.6 cm³/mol. The van der Waals surface area contributed by atoms with Gasteiger partial charge in [-0.3, -0.25) is 0 Å². The first-order valence-electron chi connectivity index (χ1n) is 6.27. The Morgan fingerprint density at radius 3 is 2.74 bits per heavy atom. The summed E-state index contributed by atoms with van der Waals surface area (Å²) in [6.45, 7) is 4.39. The SMILES string of the molecule is CC1SCCN(S(=O)(=O)c2cc(CO)n(C)c2)C1C. The minimum atomic E-state index is -3.47. The van der Waals surface area contributed by atoms with Crippen LogP contribution in [-0.4, -0.2) is 46.0 Å². The number of aromatic nitrogens is 1. The van der Waals surface area contributed by atoms with Crippen molar-refractivity contribution >= 4 is 21.8 Å². The third-order valence-corrected chi connectivity index (χ3v) is 6.97. The van der Waals surface area contributed by atoms with Crippen molar-refractivity contribution < 1.29 is 13.5 Å². The summed E-state index contributed by atoms with van der Waals surface area (Å²) in [7, 11) is -1.73. The van der Waals surface area contributed by atoms with Gasteiger partial charge in [-0.25, -0.2) is 8.42 Å². The van der Waals surface area contributed by atoms with Crippen LogP contribution in [-0.2, 0) is 23.7 Å². The molecule has 5 nitrogen and oxygen atoms in total.